The van der Waals surface area contributed by atoms with Crippen molar-refractivity contribution in [1.82, 2.24) is 9.97 Å². The molecule has 3 nitrogen and oxygen atoms in total. The molecule has 0 atom stereocenters. The van der Waals surface area contributed by atoms with E-state index >= 15 is 0 Å². The van der Waals surface area contributed by atoms with Gasteiger partial charge in [0.2, 0.25) is 0 Å². The molecule has 0 unspecified atom stereocenters. The normalized spacial score (nSPS) is 11.1. The molecular formula is C14H15BrFN3S. The average molecular weight is 356 g/mol. The number of nitrogens with zero attached hydrogens (tertiary/aromatic N) is 2. The van der Waals surface area contributed by atoms with Crippen LogP contribution in [0.4, 0.5) is 10.2 Å². The van der Waals surface area contributed by atoms with E-state index in [-0.39, 0.29) is 11.7 Å². The molecule has 0 bridgehead atoms. The second-order valence-corrected chi connectivity index (χ2v) is 6.47. The number of hydrogen-bond acceptors (Lipinski definition) is 4. The van der Waals surface area contributed by atoms with Crippen LogP contribution in [-0.4, -0.2) is 9.97 Å². The van der Waals surface area contributed by atoms with Crippen molar-refractivity contribution in [1.29, 1.82) is 0 Å². The average Bonchev–Trinajstić information content (AvgIpc) is 2.39. The molecule has 1 aromatic carbocycles. The Morgan fingerprint density at radius 3 is 2.75 bits per heavy atom. The third-order valence-corrected chi connectivity index (χ3v) is 4.46. The van der Waals surface area contributed by atoms with Crippen LogP contribution < -0.4 is 5.73 Å². The lowest BCUT2D eigenvalue weighted by Gasteiger charge is -2.11. The molecule has 20 heavy (non-hydrogen) atoms. The fourth-order valence-electron chi connectivity index (χ4n) is 1.68. The maximum atomic E-state index is 13.1. The standard InChI is InChI=1S/C14H15BrFN3S/c1-8(2)13-12(15)14(17)19-11(18-13)7-20-10-5-3-4-9(16)6-10/h3-6,8H,7H2,1-2H3,(H2,17,18,19). The van der Waals surface area contributed by atoms with Gasteiger partial charge in [0.05, 0.1) is 15.9 Å². The summed E-state index contributed by atoms with van der Waals surface area (Å²) in [6.07, 6.45) is 0. The quantitative estimate of drug-likeness (QED) is 0.827. The predicted octanol–water partition coefficient (Wildman–Crippen LogP) is 4.38. The molecule has 6 heteroatoms. The van der Waals surface area contributed by atoms with E-state index in [2.05, 4.69) is 39.7 Å². The van der Waals surface area contributed by atoms with Crippen molar-refractivity contribution in [2.24, 2.45) is 0 Å². The van der Waals surface area contributed by atoms with Crippen molar-refractivity contribution >= 4 is 33.5 Å². The molecule has 0 fully saturated rings. The highest BCUT2D eigenvalue weighted by Crippen LogP contribution is 2.29. The largest absolute Gasteiger partial charge is 0.383 e. The maximum absolute atomic E-state index is 13.1. The number of halogens is 2. The molecule has 0 aliphatic heterocycles. The van der Waals surface area contributed by atoms with Crippen LogP contribution in [0.3, 0.4) is 0 Å². The summed E-state index contributed by atoms with van der Waals surface area (Å²) in [6, 6.07) is 6.47. The Hall–Kier alpha value is -1.14. The van der Waals surface area contributed by atoms with E-state index < -0.39 is 0 Å². The fraction of sp³-hybridized carbons (Fsp3) is 0.286. The highest BCUT2D eigenvalue weighted by Gasteiger charge is 2.13. The molecule has 1 aromatic heterocycles. The third-order valence-electron chi connectivity index (χ3n) is 2.66. The van der Waals surface area contributed by atoms with Gasteiger partial charge < -0.3 is 5.73 Å². The van der Waals surface area contributed by atoms with Crippen LogP contribution in [0.5, 0.6) is 0 Å². The van der Waals surface area contributed by atoms with Gasteiger partial charge in [-0.25, -0.2) is 14.4 Å². The molecule has 0 spiro atoms. The summed E-state index contributed by atoms with van der Waals surface area (Å²) in [6.45, 7) is 4.10. The first-order valence-corrected chi connectivity index (χ1v) is 7.95. The molecule has 0 aliphatic carbocycles. The van der Waals surface area contributed by atoms with Gasteiger partial charge in [-0.3, -0.25) is 0 Å². The Bertz CT molecular complexity index is 619. The van der Waals surface area contributed by atoms with Crippen LogP contribution in [0.2, 0.25) is 0 Å². The van der Waals surface area contributed by atoms with Crippen molar-refractivity contribution in [3.8, 4) is 0 Å². The zero-order valence-electron chi connectivity index (χ0n) is 11.2. The number of thioether (sulfide) groups is 1. The van der Waals surface area contributed by atoms with Crippen LogP contribution in [0.15, 0.2) is 33.6 Å². The molecular weight excluding hydrogens is 341 g/mol. The summed E-state index contributed by atoms with van der Waals surface area (Å²) in [7, 11) is 0. The Labute approximate surface area is 130 Å². The molecule has 0 saturated carbocycles. The lowest BCUT2D eigenvalue weighted by atomic mass is 10.1. The van der Waals surface area contributed by atoms with Crippen molar-refractivity contribution in [3.05, 3.63) is 46.1 Å². The molecule has 0 radical (unpaired) electrons. The number of aromatic nitrogens is 2. The topological polar surface area (TPSA) is 51.8 Å². The van der Waals surface area contributed by atoms with Gasteiger partial charge in [0.1, 0.15) is 17.5 Å². The van der Waals surface area contributed by atoms with Crippen molar-refractivity contribution in [3.63, 3.8) is 0 Å². The molecule has 2 rings (SSSR count). The molecule has 0 amide bonds. The van der Waals surface area contributed by atoms with Crippen LogP contribution in [0, 0.1) is 5.82 Å². The van der Waals surface area contributed by atoms with E-state index in [1.54, 1.807) is 6.07 Å². The first-order valence-electron chi connectivity index (χ1n) is 6.17. The zero-order chi connectivity index (χ0) is 14.7. The van der Waals surface area contributed by atoms with Crippen LogP contribution in [-0.2, 0) is 5.75 Å². The minimum Gasteiger partial charge on any atom is -0.383 e. The minimum atomic E-state index is -0.242. The van der Waals surface area contributed by atoms with Crippen LogP contribution in [0.25, 0.3) is 0 Å². The molecule has 106 valence electrons. The Morgan fingerprint density at radius 2 is 2.10 bits per heavy atom. The molecule has 2 aromatic rings. The van der Waals surface area contributed by atoms with E-state index in [0.29, 0.717) is 17.4 Å². The molecule has 0 saturated heterocycles. The summed E-state index contributed by atoms with van der Waals surface area (Å²) >= 11 is 4.90. The fourth-order valence-corrected chi connectivity index (χ4v) is 3.11. The van der Waals surface area contributed by atoms with Crippen molar-refractivity contribution in [2.75, 3.05) is 5.73 Å². The smallest absolute Gasteiger partial charge is 0.141 e. The van der Waals surface area contributed by atoms with E-state index in [4.69, 9.17) is 5.73 Å². The summed E-state index contributed by atoms with van der Waals surface area (Å²) < 4.78 is 13.9. The van der Waals surface area contributed by atoms with Gasteiger partial charge in [0, 0.05) is 4.90 Å². The van der Waals surface area contributed by atoms with E-state index in [9.17, 15) is 4.39 Å². The number of nitrogen functional groups attached to an aromatic ring is 1. The van der Waals surface area contributed by atoms with Gasteiger partial charge in [-0.1, -0.05) is 19.9 Å². The summed E-state index contributed by atoms with van der Waals surface area (Å²) in [5.41, 5.74) is 6.78. The zero-order valence-corrected chi connectivity index (χ0v) is 13.6. The summed E-state index contributed by atoms with van der Waals surface area (Å²) in [5.74, 6) is 1.67. The molecule has 2 N–H and O–H groups in total. The van der Waals surface area contributed by atoms with Gasteiger partial charge in [-0.05, 0) is 40.0 Å². The van der Waals surface area contributed by atoms with Gasteiger partial charge in [0.15, 0.2) is 0 Å². The molecule has 0 aliphatic rings. The van der Waals surface area contributed by atoms with E-state index in [1.807, 2.05) is 6.07 Å². The number of nitrogens with two attached hydrogens (primary N) is 1. The Balaban J connectivity index is 2.18. The van der Waals surface area contributed by atoms with Gasteiger partial charge in [-0.15, -0.1) is 11.8 Å². The van der Waals surface area contributed by atoms with E-state index in [1.165, 1.54) is 23.9 Å². The number of rotatable bonds is 4. The van der Waals surface area contributed by atoms with E-state index in [0.717, 1.165) is 15.1 Å². The number of hydrogen-bond donors (Lipinski definition) is 1. The second-order valence-electron chi connectivity index (χ2n) is 4.63. The first kappa shape index (κ1) is 15.3. The molecule has 1 heterocycles. The summed E-state index contributed by atoms with van der Waals surface area (Å²) in [5, 5.41) is 0. The van der Waals surface area contributed by atoms with Gasteiger partial charge in [-0.2, -0.15) is 0 Å². The SMILES string of the molecule is CC(C)c1nc(CSc2cccc(F)c2)nc(N)c1Br. The Morgan fingerprint density at radius 1 is 1.35 bits per heavy atom. The van der Waals surface area contributed by atoms with Crippen molar-refractivity contribution in [2.45, 2.75) is 30.4 Å². The highest BCUT2D eigenvalue weighted by atomic mass is 79.9. The minimum absolute atomic E-state index is 0.242. The van der Waals surface area contributed by atoms with Crippen molar-refractivity contribution < 1.29 is 4.39 Å². The van der Waals surface area contributed by atoms with Gasteiger partial charge in [0.25, 0.3) is 0 Å². The Kier molecular flexibility index (Phi) is 4.99. The summed E-state index contributed by atoms with van der Waals surface area (Å²) in [4.78, 5) is 9.62. The van der Waals surface area contributed by atoms with Crippen LogP contribution in [0.1, 0.15) is 31.3 Å². The predicted molar refractivity (Wildman–Crippen MR) is 84.2 cm³/mol. The van der Waals surface area contributed by atoms with Crippen LogP contribution >= 0.6 is 27.7 Å². The lowest BCUT2D eigenvalue weighted by molar-refractivity contribution is 0.624. The third kappa shape index (κ3) is 3.70. The number of benzene rings is 1. The van der Waals surface area contributed by atoms with Gasteiger partial charge >= 0.3 is 0 Å². The highest BCUT2D eigenvalue weighted by molar-refractivity contribution is 9.10. The monoisotopic (exact) mass is 355 g/mol. The first-order chi connectivity index (χ1) is 9.47. The maximum Gasteiger partial charge on any atom is 0.141 e. The number of anilines is 1. The second kappa shape index (κ2) is 6.54. The lowest BCUT2D eigenvalue weighted by Crippen LogP contribution is -2.06.